The van der Waals surface area contributed by atoms with E-state index in [0.29, 0.717) is 6.61 Å². The van der Waals surface area contributed by atoms with Crippen LogP contribution in [-0.2, 0) is 4.74 Å². The van der Waals surface area contributed by atoms with Crippen molar-refractivity contribution in [3.05, 3.63) is 35.9 Å². The summed E-state index contributed by atoms with van der Waals surface area (Å²) >= 11 is 5.44. The van der Waals surface area contributed by atoms with Crippen LogP contribution in [0, 0.1) is 5.41 Å². The third-order valence-electron chi connectivity index (χ3n) is 2.16. The minimum atomic E-state index is -0.0779. The Morgan fingerprint density at radius 1 is 1.29 bits per heavy atom. The van der Waals surface area contributed by atoms with E-state index in [9.17, 15) is 0 Å². The largest absolute Gasteiger partial charge is 0.384 e. The van der Waals surface area contributed by atoms with E-state index in [1.165, 1.54) is 0 Å². The lowest BCUT2D eigenvalue weighted by molar-refractivity contribution is 0.144. The minimum Gasteiger partial charge on any atom is -0.384 e. The van der Waals surface area contributed by atoms with E-state index in [2.05, 4.69) is 13.8 Å². The molecule has 1 aromatic carbocycles. The molecule has 0 atom stereocenters. The van der Waals surface area contributed by atoms with Crippen molar-refractivity contribution in [3.63, 3.8) is 0 Å². The number of thiocarbonyl (C=S) groups is 1. The molecule has 0 unspecified atom stereocenters. The van der Waals surface area contributed by atoms with Crippen LogP contribution in [0.3, 0.4) is 0 Å². The number of rotatable bonds is 4. The van der Waals surface area contributed by atoms with E-state index in [-0.39, 0.29) is 5.41 Å². The van der Waals surface area contributed by atoms with Gasteiger partial charge in [-0.25, -0.2) is 0 Å². The van der Waals surface area contributed by atoms with Crippen molar-refractivity contribution in [1.82, 2.24) is 0 Å². The third kappa shape index (κ3) is 2.63. The van der Waals surface area contributed by atoms with Crippen molar-refractivity contribution in [2.24, 2.45) is 5.41 Å². The molecule has 0 heterocycles. The zero-order valence-corrected chi connectivity index (χ0v) is 9.73. The summed E-state index contributed by atoms with van der Waals surface area (Å²) in [5.41, 5.74) is 1.04. The van der Waals surface area contributed by atoms with Gasteiger partial charge in [-0.3, -0.25) is 0 Å². The van der Waals surface area contributed by atoms with Gasteiger partial charge < -0.3 is 4.74 Å². The molecule has 0 fully saturated rings. The van der Waals surface area contributed by atoms with Gasteiger partial charge in [-0.05, 0) is 5.56 Å². The van der Waals surface area contributed by atoms with Crippen molar-refractivity contribution in [2.45, 2.75) is 13.8 Å². The average molecular weight is 208 g/mol. The van der Waals surface area contributed by atoms with Gasteiger partial charge in [0.1, 0.15) is 0 Å². The minimum absolute atomic E-state index is 0.0779. The third-order valence-corrected chi connectivity index (χ3v) is 2.94. The Kier molecular flexibility index (Phi) is 3.78. The molecular formula is C12H16OS. The lowest BCUT2D eigenvalue weighted by Gasteiger charge is -2.24. The molecule has 0 saturated heterocycles. The molecule has 0 aliphatic rings. The van der Waals surface area contributed by atoms with E-state index in [1.807, 2.05) is 30.3 Å². The highest BCUT2D eigenvalue weighted by molar-refractivity contribution is 7.81. The molecule has 1 rings (SSSR count). The fourth-order valence-electron chi connectivity index (χ4n) is 1.41. The van der Waals surface area contributed by atoms with Gasteiger partial charge in [-0.15, -0.1) is 0 Å². The lowest BCUT2D eigenvalue weighted by Crippen LogP contribution is -2.28. The zero-order chi connectivity index (χ0) is 10.6. The molecule has 0 aliphatic carbocycles. The van der Waals surface area contributed by atoms with E-state index in [4.69, 9.17) is 17.0 Å². The highest BCUT2D eigenvalue weighted by atomic mass is 32.1. The standard InChI is InChI=1S/C12H16OS/c1-12(2,9-13-3)11(14)10-7-5-4-6-8-10/h4-8H,9H2,1-3H3. The summed E-state index contributed by atoms with van der Waals surface area (Å²) in [5.74, 6) is 0. The van der Waals surface area contributed by atoms with Gasteiger partial charge in [-0.2, -0.15) is 0 Å². The van der Waals surface area contributed by atoms with Crippen LogP contribution < -0.4 is 0 Å². The predicted octanol–water partition coefficient (Wildman–Crippen LogP) is 3.08. The normalized spacial score (nSPS) is 11.4. The fourth-order valence-corrected chi connectivity index (χ4v) is 1.60. The van der Waals surface area contributed by atoms with Crippen LogP contribution in [0.5, 0.6) is 0 Å². The summed E-state index contributed by atoms with van der Waals surface area (Å²) < 4.78 is 5.16. The topological polar surface area (TPSA) is 9.23 Å². The first-order valence-corrected chi connectivity index (χ1v) is 5.07. The van der Waals surface area contributed by atoms with Gasteiger partial charge in [0.05, 0.1) is 6.61 Å². The molecule has 1 aromatic rings. The highest BCUT2D eigenvalue weighted by Gasteiger charge is 2.24. The van der Waals surface area contributed by atoms with Crippen LogP contribution in [-0.4, -0.2) is 18.6 Å². The zero-order valence-electron chi connectivity index (χ0n) is 8.91. The van der Waals surface area contributed by atoms with E-state index >= 15 is 0 Å². The Morgan fingerprint density at radius 3 is 2.36 bits per heavy atom. The Bertz CT molecular complexity index is 303. The molecule has 2 heteroatoms. The molecule has 0 aliphatic heterocycles. The van der Waals surface area contributed by atoms with Crippen molar-refractivity contribution < 1.29 is 4.74 Å². The number of hydrogen-bond donors (Lipinski definition) is 0. The molecule has 0 spiro atoms. The summed E-state index contributed by atoms with van der Waals surface area (Å²) in [4.78, 5) is 0.958. The first-order chi connectivity index (χ1) is 6.58. The lowest BCUT2D eigenvalue weighted by atomic mass is 9.86. The molecule has 0 amide bonds. The van der Waals surface area contributed by atoms with Crippen LogP contribution in [0.1, 0.15) is 19.4 Å². The smallest absolute Gasteiger partial charge is 0.0562 e. The van der Waals surface area contributed by atoms with Crippen LogP contribution in [0.15, 0.2) is 30.3 Å². The number of benzene rings is 1. The van der Waals surface area contributed by atoms with Gasteiger partial charge in [0.15, 0.2) is 0 Å². The van der Waals surface area contributed by atoms with Gasteiger partial charge in [0.25, 0.3) is 0 Å². The summed E-state index contributed by atoms with van der Waals surface area (Å²) in [6.45, 7) is 4.86. The van der Waals surface area contributed by atoms with Crippen LogP contribution in [0.25, 0.3) is 0 Å². The van der Waals surface area contributed by atoms with Crippen molar-refractivity contribution in [3.8, 4) is 0 Å². The maximum atomic E-state index is 5.44. The quantitative estimate of drug-likeness (QED) is 0.555. The molecular weight excluding hydrogens is 192 g/mol. The summed E-state index contributed by atoms with van der Waals surface area (Å²) in [6, 6.07) is 10.1. The maximum Gasteiger partial charge on any atom is 0.0562 e. The SMILES string of the molecule is COCC(C)(C)C(=S)c1ccccc1. The first kappa shape index (κ1) is 11.3. The summed E-state index contributed by atoms with van der Waals surface area (Å²) in [5, 5.41) is 0. The van der Waals surface area contributed by atoms with Gasteiger partial charge in [0, 0.05) is 17.4 Å². The molecule has 14 heavy (non-hydrogen) atoms. The van der Waals surface area contributed by atoms with Gasteiger partial charge in [0.2, 0.25) is 0 Å². The first-order valence-electron chi connectivity index (χ1n) is 4.67. The monoisotopic (exact) mass is 208 g/mol. The Balaban J connectivity index is 2.85. The maximum absolute atomic E-state index is 5.44. The molecule has 0 N–H and O–H groups in total. The number of hydrogen-bond acceptors (Lipinski definition) is 2. The van der Waals surface area contributed by atoms with E-state index < -0.39 is 0 Å². The molecule has 0 bridgehead atoms. The Labute approximate surface area is 91.1 Å². The number of methoxy groups -OCH3 is 1. The second kappa shape index (κ2) is 4.67. The van der Waals surface area contributed by atoms with Crippen molar-refractivity contribution >= 4 is 17.1 Å². The van der Waals surface area contributed by atoms with Gasteiger partial charge >= 0.3 is 0 Å². The van der Waals surface area contributed by atoms with Crippen LogP contribution in [0.2, 0.25) is 0 Å². The van der Waals surface area contributed by atoms with Crippen LogP contribution >= 0.6 is 12.2 Å². The average Bonchev–Trinajstić information content (AvgIpc) is 2.18. The highest BCUT2D eigenvalue weighted by Crippen LogP contribution is 2.23. The van der Waals surface area contributed by atoms with Gasteiger partial charge in [-0.1, -0.05) is 56.4 Å². The van der Waals surface area contributed by atoms with Crippen LogP contribution in [0.4, 0.5) is 0 Å². The second-order valence-electron chi connectivity index (χ2n) is 4.01. The van der Waals surface area contributed by atoms with E-state index in [1.54, 1.807) is 7.11 Å². The second-order valence-corrected chi connectivity index (χ2v) is 4.42. The van der Waals surface area contributed by atoms with Crippen molar-refractivity contribution in [1.29, 1.82) is 0 Å². The summed E-state index contributed by atoms with van der Waals surface area (Å²) in [6.07, 6.45) is 0. The molecule has 0 saturated carbocycles. The molecule has 0 radical (unpaired) electrons. The molecule has 76 valence electrons. The molecule has 0 aromatic heterocycles. The Morgan fingerprint density at radius 2 is 1.86 bits per heavy atom. The van der Waals surface area contributed by atoms with E-state index in [0.717, 1.165) is 10.4 Å². The summed E-state index contributed by atoms with van der Waals surface area (Å²) in [7, 11) is 1.70. The molecule has 1 nitrogen and oxygen atoms in total. The Hall–Kier alpha value is -0.730. The van der Waals surface area contributed by atoms with Crippen molar-refractivity contribution in [2.75, 3.05) is 13.7 Å². The number of ether oxygens (including phenoxy) is 1. The predicted molar refractivity (Wildman–Crippen MR) is 63.8 cm³/mol. The fraction of sp³-hybridized carbons (Fsp3) is 0.417.